The van der Waals surface area contributed by atoms with Crippen molar-refractivity contribution in [2.75, 3.05) is 18.5 Å². The minimum atomic E-state index is -4.25. The van der Waals surface area contributed by atoms with Gasteiger partial charge in [0.15, 0.2) is 10.8 Å². The highest BCUT2D eigenvalue weighted by Gasteiger charge is 2.31. The first kappa shape index (κ1) is 12.5. The van der Waals surface area contributed by atoms with Gasteiger partial charge in [0.1, 0.15) is 6.54 Å². The third-order valence-electron chi connectivity index (χ3n) is 2.24. The summed E-state index contributed by atoms with van der Waals surface area (Å²) in [6.07, 6.45) is -2.51. The van der Waals surface area contributed by atoms with E-state index in [1.54, 1.807) is 10.6 Å². The molecule has 0 saturated carbocycles. The number of anilines is 1. The van der Waals surface area contributed by atoms with Gasteiger partial charge in [-0.25, -0.2) is 4.98 Å². The number of hydrogen-bond acceptors (Lipinski definition) is 3. The lowest BCUT2D eigenvalue weighted by Crippen LogP contribution is -2.31. The summed E-state index contributed by atoms with van der Waals surface area (Å²) in [4.78, 5) is 5.86. The van der Waals surface area contributed by atoms with Crippen molar-refractivity contribution in [1.82, 2.24) is 9.38 Å². The van der Waals surface area contributed by atoms with E-state index in [1.165, 1.54) is 18.4 Å². The zero-order valence-electron chi connectivity index (χ0n) is 8.83. The van der Waals surface area contributed by atoms with Crippen LogP contribution in [0.4, 0.5) is 19.0 Å². The smallest absolute Gasteiger partial charge is 0.349 e. The number of halogens is 4. The average Bonchev–Trinajstić information content (AvgIpc) is 2.72. The molecular weight excluding hydrogens is 275 g/mol. The van der Waals surface area contributed by atoms with Gasteiger partial charge in [-0.3, -0.25) is 4.40 Å². The van der Waals surface area contributed by atoms with Crippen molar-refractivity contribution in [3.8, 4) is 0 Å². The van der Waals surface area contributed by atoms with Crippen LogP contribution in [0.15, 0.2) is 11.6 Å². The monoisotopic (exact) mass is 283 g/mol. The van der Waals surface area contributed by atoms with Gasteiger partial charge < -0.3 is 4.90 Å². The normalized spacial score (nSPS) is 12.3. The van der Waals surface area contributed by atoms with Crippen LogP contribution in [0.3, 0.4) is 0 Å². The Labute approximate surface area is 104 Å². The summed E-state index contributed by atoms with van der Waals surface area (Å²) in [6.45, 7) is -1.04. The van der Waals surface area contributed by atoms with Crippen molar-refractivity contribution < 1.29 is 13.2 Å². The fraction of sp³-hybridized carbons (Fsp3) is 0.444. The third kappa shape index (κ3) is 2.50. The highest BCUT2D eigenvalue weighted by Crippen LogP contribution is 2.27. The first-order valence-corrected chi connectivity index (χ1v) is 6.12. The predicted molar refractivity (Wildman–Crippen MR) is 62.0 cm³/mol. The van der Waals surface area contributed by atoms with Gasteiger partial charge in [-0.15, -0.1) is 22.9 Å². The second-order valence-electron chi connectivity index (χ2n) is 3.54. The third-order valence-corrected chi connectivity index (χ3v) is 3.25. The lowest BCUT2D eigenvalue weighted by atomic mass is 10.4. The summed E-state index contributed by atoms with van der Waals surface area (Å²) in [7, 11) is 1.36. The molecule has 17 heavy (non-hydrogen) atoms. The van der Waals surface area contributed by atoms with Gasteiger partial charge in [-0.2, -0.15) is 13.2 Å². The molecule has 94 valence electrons. The fourth-order valence-electron chi connectivity index (χ4n) is 1.59. The summed E-state index contributed by atoms with van der Waals surface area (Å²) in [5, 5.41) is 1.81. The van der Waals surface area contributed by atoms with Crippen molar-refractivity contribution in [2.45, 2.75) is 12.1 Å². The van der Waals surface area contributed by atoms with Gasteiger partial charge in [-0.05, 0) is 0 Å². The van der Waals surface area contributed by atoms with E-state index >= 15 is 0 Å². The van der Waals surface area contributed by atoms with E-state index in [2.05, 4.69) is 4.98 Å². The molecule has 2 aromatic heterocycles. The van der Waals surface area contributed by atoms with Gasteiger partial charge in [-0.1, -0.05) is 0 Å². The first-order valence-electron chi connectivity index (χ1n) is 4.70. The molecule has 0 saturated heterocycles. The Morgan fingerprint density at radius 3 is 2.82 bits per heavy atom. The maximum Gasteiger partial charge on any atom is 0.405 e. The molecule has 0 aliphatic heterocycles. The molecule has 8 heteroatoms. The second kappa shape index (κ2) is 4.38. The van der Waals surface area contributed by atoms with Crippen LogP contribution in [0.1, 0.15) is 5.69 Å². The molecule has 0 amide bonds. The van der Waals surface area contributed by atoms with Gasteiger partial charge in [0.05, 0.1) is 11.6 Å². The Kier molecular flexibility index (Phi) is 3.22. The molecule has 0 N–H and O–H groups in total. The molecule has 0 unspecified atom stereocenters. The van der Waals surface area contributed by atoms with E-state index in [1.807, 2.05) is 5.38 Å². The Hall–Kier alpha value is -0.950. The van der Waals surface area contributed by atoms with Crippen LogP contribution in [0.5, 0.6) is 0 Å². The zero-order chi connectivity index (χ0) is 12.6. The lowest BCUT2D eigenvalue weighted by molar-refractivity contribution is -0.119. The van der Waals surface area contributed by atoms with Gasteiger partial charge >= 0.3 is 6.18 Å². The largest absolute Gasteiger partial charge is 0.405 e. The molecule has 0 aliphatic carbocycles. The number of aromatic nitrogens is 2. The average molecular weight is 284 g/mol. The lowest BCUT2D eigenvalue weighted by Gasteiger charge is -2.19. The van der Waals surface area contributed by atoms with Crippen LogP contribution in [0.25, 0.3) is 4.96 Å². The van der Waals surface area contributed by atoms with Crippen molar-refractivity contribution in [3.63, 3.8) is 0 Å². The Morgan fingerprint density at radius 1 is 1.53 bits per heavy atom. The zero-order valence-corrected chi connectivity index (χ0v) is 10.4. The molecule has 0 fully saturated rings. The van der Waals surface area contributed by atoms with Crippen LogP contribution in [-0.4, -0.2) is 29.2 Å². The van der Waals surface area contributed by atoms with Gasteiger partial charge in [0.25, 0.3) is 0 Å². The molecule has 0 bridgehead atoms. The molecule has 3 nitrogen and oxygen atoms in total. The van der Waals surface area contributed by atoms with Crippen LogP contribution in [-0.2, 0) is 5.88 Å². The fourth-order valence-corrected chi connectivity index (χ4v) is 2.57. The molecule has 0 radical (unpaired) electrons. The number of nitrogens with zero attached hydrogens (tertiary/aromatic N) is 3. The molecule has 2 heterocycles. The van der Waals surface area contributed by atoms with E-state index < -0.39 is 12.7 Å². The number of rotatable bonds is 3. The first-order chi connectivity index (χ1) is 7.92. The van der Waals surface area contributed by atoms with E-state index in [9.17, 15) is 13.2 Å². The van der Waals surface area contributed by atoms with E-state index in [4.69, 9.17) is 11.6 Å². The van der Waals surface area contributed by atoms with Crippen molar-refractivity contribution in [3.05, 3.63) is 17.3 Å². The number of hydrogen-bond donors (Lipinski definition) is 0. The summed E-state index contributed by atoms with van der Waals surface area (Å²) in [5.74, 6) is 0.402. The summed E-state index contributed by atoms with van der Waals surface area (Å²) < 4.78 is 38.6. The number of fused-ring (bicyclic) bond motifs is 1. The maximum atomic E-state index is 12.3. The van der Waals surface area contributed by atoms with Gasteiger partial charge in [0, 0.05) is 18.6 Å². The van der Waals surface area contributed by atoms with Gasteiger partial charge in [0.2, 0.25) is 0 Å². The summed E-state index contributed by atoms with van der Waals surface area (Å²) in [5.41, 5.74) is 0.578. The number of imidazole rings is 1. The number of alkyl halides is 4. The maximum absolute atomic E-state index is 12.3. The van der Waals surface area contributed by atoms with Crippen LogP contribution >= 0.6 is 22.9 Å². The van der Waals surface area contributed by atoms with Crippen molar-refractivity contribution in [2.24, 2.45) is 0 Å². The minimum absolute atomic E-state index is 0.120. The topological polar surface area (TPSA) is 20.5 Å². The molecular formula is C9H9ClF3N3S. The molecule has 0 aliphatic rings. The predicted octanol–water partition coefficient (Wildman–Crippen LogP) is 3.13. The van der Waals surface area contributed by atoms with E-state index in [-0.39, 0.29) is 11.7 Å². The quantitative estimate of drug-likeness (QED) is 0.807. The SMILES string of the molecule is CN(CC(F)(F)F)c1nc2sccn2c1CCl. The van der Waals surface area contributed by atoms with E-state index in [0.29, 0.717) is 10.7 Å². The van der Waals surface area contributed by atoms with Crippen LogP contribution in [0, 0.1) is 0 Å². The highest BCUT2D eigenvalue weighted by atomic mass is 35.5. The molecule has 2 rings (SSSR count). The second-order valence-corrected chi connectivity index (χ2v) is 4.68. The Bertz CT molecular complexity index is 519. The molecule has 0 aromatic carbocycles. The standard InChI is InChI=1S/C9H9ClF3N3S/c1-15(5-9(11,12)13)7-6(4-10)16-2-3-17-8(16)14-7/h2-3H,4-5H2,1H3. The summed E-state index contributed by atoms with van der Waals surface area (Å²) in [6, 6.07) is 0. The summed E-state index contributed by atoms with van der Waals surface area (Å²) >= 11 is 7.12. The Balaban J connectivity index is 2.37. The molecule has 0 atom stereocenters. The number of thiazole rings is 1. The van der Waals surface area contributed by atoms with Crippen molar-refractivity contribution in [1.29, 1.82) is 0 Å². The molecule has 0 spiro atoms. The molecule has 2 aromatic rings. The van der Waals surface area contributed by atoms with E-state index in [0.717, 1.165) is 4.90 Å². The van der Waals surface area contributed by atoms with Crippen LogP contribution < -0.4 is 4.90 Å². The van der Waals surface area contributed by atoms with Crippen molar-refractivity contribution >= 4 is 33.7 Å². The Morgan fingerprint density at radius 2 is 2.24 bits per heavy atom. The highest BCUT2D eigenvalue weighted by molar-refractivity contribution is 7.15. The van der Waals surface area contributed by atoms with Crippen LogP contribution in [0.2, 0.25) is 0 Å². The minimum Gasteiger partial charge on any atom is -0.349 e.